The molecule has 0 unspecified atom stereocenters. The van der Waals surface area contributed by atoms with E-state index in [1.165, 1.54) is 5.69 Å². The van der Waals surface area contributed by atoms with Crippen molar-refractivity contribution in [2.75, 3.05) is 12.4 Å². The second kappa shape index (κ2) is 4.17. The highest BCUT2D eigenvalue weighted by Gasteiger charge is 2.01. The van der Waals surface area contributed by atoms with Crippen molar-refractivity contribution >= 4 is 5.69 Å². The summed E-state index contributed by atoms with van der Waals surface area (Å²) in [6.45, 7) is 2.11. The van der Waals surface area contributed by atoms with Crippen LogP contribution < -0.4 is 5.32 Å². The van der Waals surface area contributed by atoms with Gasteiger partial charge in [-0.25, -0.2) is 4.98 Å². The zero-order chi connectivity index (χ0) is 10.7. The van der Waals surface area contributed by atoms with Crippen LogP contribution in [0.4, 0.5) is 5.69 Å². The van der Waals surface area contributed by atoms with Gasteiger partial charge in [0.25, 0.3) is 0 Å². The zero-order valence-corrected chi connectivity index (χ0v) is 9.04. The van der Waals surface area contributed by atoms with Crippen molar-refractivity contribution in [3.8, 4) is 11.4 Å². The molecule has 0 saturated carbocycles. The van der Waals surface area contributed by atoms with Crippen LogP contribution >= 0.6 is 0 Å². The maximum atomic E-state index is 4.34. The van der Waals surface area contributed by atoms with Crippen molar-refractivity contribution in [3.05, 3.63) is 36.2 Å². The Bertz CT molecular complexity index is 428. The Labute approximate surface area is 89.6 Å². The summed E-state index contributed by atoms with van der Waals surface area (Å²) < 4.78 is 0. The van der Waals surface area contributed by atoms with Crippen molar-refractivity contribution in [1.82, 2.24) is 9.97 Å². The van der Waals surface area contributed by atoms with E-state index < -0.39 is 0 Å². The van der Waals surface area contributed by atoms with E-state index in [2.05, 4.69) is 34.3 Å². The minimum atomic E-state index is 0.939. The lowest BCUT2D eigenvalue weighted by Crippen LogP contribution is -1.87. The second-order valence-electron chi connectivity index (χ2n) is 3.44. The van der Waals surface area contributed by atoms with E-state index in [9.17, 15) is 0 Å². The molecule has 0 saturated heterocycles. The molecular weight excluding hydrogens is 186 g/mol. The first-order valence-electron chi connectivity index (χ1n) is 5.15. The van der Waals surface area contributed by atoms with Gasteiger partial charge in [-0.1, -0.05) is 6.92 Å². The summed E-state index contributed by atoms with van der Waals surface area (Å²) in [5, 5.41) is 3.09. The molecule has 0 aliphatic rings. The van der Waals surface area contributed by atoms with Crippen molar-refractivity contribution in [2.45, 2.75) is 13.3 Å². The smallest absolute Gasteiger partial charge is 0.137 e. The molecule has 2 rings (SSSR count). The molecule has 0 aliphatic heterocycles. The Morgan fingerprint density at radius 2 is 2.00 bits per heavy atom. The predicted molar refractivity (Wildman–Crippen MR) is 62.9 cm³/mol. The molecular formula is C12H15N3. The lowest BCUT2D eigenvalue weighted by atomic mass is 10.2. The SMILES string of the molecule is CCc1cnc(-c2ccc(NC)cc2)[nH]1. The molecule has 1 heterocycles. The zero-order valence-electron chi connectivity index (χ0n) is 9.04. The van der Waals surface area contributed by atoms with Crippen LogP contribution in [0.1, 0.15) is 12.6 Å². The van der Waals surface area contributed by atoms with Crippen molar-refractivity contribution in [1.29, 1.82) is 0 Å². The number of anilines is 1. The number of imidazole rings is 1. The van der Waals surface area contributed by atoms with Crippen LogP contribution in [0.2, 0.25) is 0 Å². The van der Waals surface area contributed by atoms with E-state index in [1.54, 1.807) is 0 Å². The molecule has 0 amide bonds. The molecule has 2 N–H and O–H groups in total. The number of aryl methyl sites for hydroxylation is 1. The number of hydrogen-bond donors (Lipinski definition) is 2. The fourth-order valence-electron chi connectivity index (χ4n) is 1.48. The second-order valence-corrected chi connectivity index (χ2v) is 3.44. The molecule has 3 nitrogen and oxygen atoms in total. The van der Waals surface area contributed by atoms with E-state index in [1.807, 2.05) is 25.4 Å². The quantitative estimate of drug-likeness (QED) is 0.801. The molecule has 3 heteroatoms. The molecule has 1 aromatic carbocycles. The lowest BCUT2D eigenvalue weighted by molar-refractivity contribution is 1.07. The Balaban J connectivity index is 2.28. The van der Waals surface area contributed by atoms with E-state index in [0.717, 1.165) is 23.5 Å². The Morgan fingerprint density at radius 1 is 1.27 bits per heavy atom. The third-order valence-electron chi connectivity index (χ3n) is 2.46. The van der Waals surface area contributed by atoms with E-state index >= 15 is 0 Å². The fraction of sp³-hybridized carbons (Fsp3) is 0.250. The molecule has 0 atom stereocenters. The molecule has 15 heavy (non-hydrogen) atoms. The van der Waals surface area contributed by atoms with Gasteiger partial charge in [-0.05, 0) is 30.7 Å². The van der Waals surface area contributed by atoms with Crippen LogP contribution in [0.3, 0.4) is 0 Å². The van der Waals surface area contributed by atoms with Crippen LogP contribution in [0.25, 0.3) is 11.4 Å². The Kier molecular flexibility index (Phi) is 2.72. The fourth-order valence-corrected chi connectivity index (χ4v) is 1.48. The highest BCUT2D eigenvalue weighted by Crippen LogP contribution is 2.18. The number of aromatic amines is 1. The number of H-pyrrole nitrogens is 1. The van der Waals surface area contributed by atoms with Crippen LogP contribution in [0.5, 0.6) is 0 Å². The Hall–Kier alpha value is -1.77. The van der Waals surface area contributed by atoms with E-state index in [-0.39, 0.29) is 0 Å². The van der Waals surface area contributed by atoms with Crippen LogP contribution in [0.15, 0.2) is 30.5 Å². The molecule has 2 aromatic rings. The third kappa shape index (κ3) is 2.01. The van der Waals surface area contributed by atoms with Crippen LogP contribution in [0, 0.1) is 0 Å². The highest BCUT2D eigenvalue weighted by atomic mass is 14.9. The van der Waals surface area contributed by atoms with Gasteiger partial charge in [0.15, 0.2) is 0 Å². The summed E-state index contributed by atoms with van der Waals surface area (Å²) in [6.07, 6.45) is 2.88. The van der Waals surface area contributed by atoms with Gasteiger partial charge in [-0.2, -0.15) is 0 Å². The van der Waals surface area contributed by atoms with Gasteiger partial charge in [0.2, 0.25) is 0 Å². The van der Waals surface area contributed by atoms with Gasteiger partial charge < -0.3 is 10.3 Å². The molecule has 0 aliphatic carbocycles. The summed E-state index contributed by atoms with van der Waals surface area (Å²) >= 11 is 0. The van der Waals surface area contributed by atoms with Gasteiger partial charge in [-0.3, -0.25) is 0 Å². The number of aromatic nitrogens is 2. The normalized spacial score (nSPS) is 10.3. The third-order valence-corrected chi connectivity index (χ3v) is 2.46. The maximum Gasteiger partial charge on any atom is 0.137 e. The topological polar surface area (TPSA) is 40.7 Å². The molecule has 0 fully saturated rings. The maximum absolute atomic E-state index is 4.34. The van der Waals surface area contributed by atoms with Gasteiger partial charge in [0, 0.05) is 30.2 Å². The molecule has 78 valence electrons. The first-order chi connectivity index (χ1) is 7.33. The minimum absolute atomic E-state index is 0.939. The minimum Gasteiger partial charge on any atom is -0.388 e. The summed E-state index contributed by atoms with van der Waals surface area (Å²) in [5.74, 6) is 0.939. The highest BCUT2D eigenvalue weighted by molar-refractivity contribution is 5.59. The largest absolute Gasteiger partial charge is 0.388 e. The lowest BCUT2D eigenvalue weighted by Gasteiger charge is -2.00. The average molecular weight is 201 g/mol. The molecule has 0 radical (unpaired) electrons. The van der Waals surface area contributed by atoms with E-state index in [4.69, 9.17) is 0 Å². The summed E-state index contributed by atoms with van der Waals surface area (Å²) in [4.78, 5) is 7.62. The summed E-state index contributed by atoms with van der Waals surface area (Å²) in [7, 11) is 1.91. The number of benzene rings is 1. The molecule has 0 spiro atoms. The summed E-state index contributed by atoms with van der Waals surface area (Å²) in [5.41, 5.74) is 3.40. The Morgan fingerprint density at radius 3 is 2.53 bits per heavy atom. The van der Waals surface area contributed by atoms with Crippen molar-refractivity contribution in [2.24, 2.45) is 0 Å². The van der Waals surface area contributed by atoms with Gasteiger partial charge in [-0.15, -0.1) is 0 Å². The standard InChI is InChI=1S/C12H15N3/c1-3-10-8-14-12(15-10)9-4-6-11(13-2)7-5-9/h4-8,13H,3H2,1-2H3,(H,14,15). The number of nitrogens with zero attached hydrogens (tertiary/aromatic N) is 1. The van der Waals surface area contributed by atoms with Gasteiger partial charge in [0.05, 0.1) is 0 Å². The number of hydrogen-bond acceptors (Lipinski definition) is 2. The monoisotopic (exact) mass is 201 g/mol. The summed E-state index contributed by atoms with van der Waals surface area (Å²) in [6, 6.07) is 8.21. The molecule has 1 aromatic heterocycles. The van der Waals surface area contributed by atoms with Gasteiger partial charge >= 0.3 is 0 Å². The number of rotatable bonds is 3. The van der Waals surface area contributed by atoms with Crippen molar-refractivity contribution in [3.63, 3.8) is 0 Å². The van der Waals surface area contributed by atoms with Crippen LogP contribution in [-0.4, -0.2) is 17.0 Å². The first-order valence-corrected chi connectivity index (χ1v) is 5.15. The predicted octanol–water partition coefficient (Wildman–Crippen LogP) is 2.68. The average Bonchev–Trinajstić information content (AvgIpc) is 2.78. The van der Waals surface area contributed by atoms with Crippen molar-refractivity contribution < 1.29 is 0 Å². The van der Waals surface area contributed by atoms with E-state index in [0.29, 0.717) is 0 Å². The number of nitrogens with one attached hydrogen (secondary N) is 2. The first kappa shape index (κ1) is 9.77. The molecule has 0 bridgehead atoms. The van der Waals surface area contributed by atoms with Crippen LogP contribution in [-0.2, 0) is 6.42 Å². The van der Waals surface area contributed by atoms with Gasteiger partial charge in [0.1, 0.15) is 5.82 Å².